The van der Waals surface area contributed by atoms with Crippen molar-refractivity contribution in [2.75, 3.05) is 11.4 Å². The first-order valence-electron chi connectivity index (χ1n) is 6.38. The molecule has 0 bridgehead atoms. The fraction of sp³-hybridized carbons (Fsp3) is 0.133. The van der Waals surface area contributed by atoms with E-state index in [0.717, 1.165) is 12.4 Å². The second kappa shape index (κ2) is 5.16. The lowest BCUT2D eigenvalue weighted by Gasteiger charge is -2.18. The van der Waals surface area contributed by atoms with E-state index in [4.69, 9.17) is 4.99 Å². The maximum absolute atomic E-state index is 4.98. The van der Waals surface area contributed by atoms with Gasteiger partial charge in [0.2, 0.25) is 0 Å². The van der Waals surface area contributed by atoms with Gasteiger partial charge in [-0.25, -0.2) is 0 Å². The summed E-state index contributed by atoms with van der Waals surface area (Å²) in [5.74, 6) is 1.11. The summed E-state index contributed by atoms with van der Waals surface area (Å²) in [6.45, 7) is 0.939. The van der Waals surface area contributed by atoms with Crippen molar-refractivity contribution >= 4 is 44.8 Å². The Morgan fingerprint density at radius 3 is 2.45 bits per heavy atom. The molecule has 0 radical (unpaired) electrons. The van der Waals surface area contributed by atoms with Crippen LogP contribution in [0.3, 0.4) is 0 Å². The number of thiophene rings is 3. The zero-order valence-corrected chi connectivity index (χ0v) is 13.0. The molecule has 1 unspecified atom stereocenters. The van der Waals surface area contributed by atoms with Crippen LogP contribution in [-0.2, 0) is 0 Å². The molecule has 20 heavy (non-hydrogen) atoms. The van der Waals surface area contributed by atoms with E-state index in [-0.39, 0.29) is 6.04 Å². The van der Waals surface area contributed by atoms with E-state index in [2.05, 4.69) is 57.4 Å². The molecule has 4 rings (SSSR count). The maximum atomic E-state index is 4.98. The van der Waals surface area contributed by atoms with Gasteiger partial charge < -0.3 is 4.90 Å². The molecule has 4 heterocycles. The topological polar surface area (TPSA) is 15.6 Å². The van der Waals surface area contributed by atoms with Crippen LogP contribution >= 0.6 is 34.0 Å². The van der Waals surface area contributed by atoms with Crippen LogP contribution in [0.4, 0.5) is 5.00 Å². The molecule has 1 aliphatic heterocycles. The zero-order chi connectivity index (χ0) is 13.4. The lowest BCUT2D eigenvalue weighted by Crippen LogP contribution is -2.26. The van der Waals surface area contributed by atoms with E-state index >= 15 is 0 Å². The van der Waals surface area contributed by atoms with Crippen LogP contribution in [0.2, 0.25) is 0 Å². The standard InChI is InChI=1S/C15H12N2S3/c1-4-12(18-7-1)11-10-17(14-6-3-9-20-14)15(16-11)13-5-2-8-19-13/h1-9,11H,10H2. The largest absolute Gasteiger partial charge is 0.315 e. The van der Waals surface area contributed by atoms with E-state index in [1.165, 1.54) is 14.8 Å². The average Bonchev–Trinajstić information content (AvgIpc) is 3.22. The molecule has 3 aromatic heterocycles. The van der Waals surface area contributed by atoms with Crippen molar-refractivity contribution in [3.63, 3.8) is 0 Å². The number of rotatable bonds is 3. The Bertz CT molecular complexity index is 696. The zero-order valence-electron chi connectivity index (χ0n) is 10.6. The minimum absolute atomic E-state index is 0.259. The molecule has 1 aliphatic rings. The van der Waals surface area contributed by atoms with Crippen molar-refractivity contribution in [1.29, 1.82) is 0 Å². The Balaban J connectivity index is 1.75. The third kappa shape index (κ3) is 2.12. The van der Waals surface area contributed by atoms with Gasteiger partial charge in [0, 0.05) is 4.88 Å². The molecule has 0 fully saturated rings. The van der Waals surface area contributed by atoms with Crippen LogP contribution in [0.5, 0.6) is 0 Å². The van der Waals surface area contributed by atoms with Gasteiger partial charge in [0.1, 0.15) is 11.9 Å². The van der Waals surface area contributed by atoms with Gasteiger partial charge in [-0.15, -0.1) is 34.0 Å². The Hall–Kier alpha value is -1.43. The van der Waals surface area contributed by atoms with Gasteiger partial charge in [-0.1, -0.05) is 12.1 Å². The van der Waals surface area contributed by atoms with Gasteiger partial charge in [0.25, 0.3) is 0 Å². The third-order valence-electron chi connectivity index (χ3n) is 3.27. The van der Waals surface area contributed by atoms with Crippen LogP contribution in [0.1, 0.15) is 15.8 Å². The summed E-state index contributed by atoms with van der Waals surface area (Å²) in [4.78, 5) is 9.92. The Morgan fingerprint density at radius 2 is 1.75 bits per heavy atom. The summed E-state index contributed by atoms with van der Waals surface area (Å²) in [6.07, 6.45) is 0. The Labute approximate surface area is 129 Å². The van der Waals surface area contributed by atoms with Crippen molar-refractivity contribution in [1.82, 2.24) is 0 Å². The molecule has 0 saturated carbocycles. The lowest BCUT2D eigenvalue weighted by molar-refractivity contribution is 0.799. The highest BCUT2D eigenvalue weighted by Gasteiger charge is 2.29. The number of nitrogens with zero attached hydrogens (tertiary/aromatic N) is 2. The van der Waals surface area contributed by atoms with Crippen molar-refractivity contribution in [3.05, 3.63) is 62.3 Å². The fourth-order valence-corrected chi connectivity index (χ4v) is 4.60. The van der Waals surface area contributed by atoms with Gasteiger partial charge in [-0.3, -0.25) is 4.99 Å². The number of amidine groups is 1. The van der Waals surface area contributed by atoms with Crippen molar-refractivity contribution < 1.29 is 0 Å². The van der Waals surface area contributed by atoms with Crippen LogP contribution in [0.25, 0.3) is 0 Å². The van der Waals surface area contributed by atoms with Gasteiger partial charge in [0.15, 0.2) is 0 Å². The second-order valence-electron chi connectivity index (χ2n) is 4.52. The Morgan fingerprint density at radius 1 is 0.950 bits per heavy atom. The first-order valence-corrected chi connectivity index (χ1v) is 9.02. The molecule has 3 aromatic rings. The van der Waals surface area contributed by atoms with E-state index in [0.29, 0.717) is 0 Å². The normalized spacial score (nSPS) is 18.5. The van der Waals surface area contributed by atoms with E-state index in [9.17, 15) is 0 Å². The third-order valence-corrected chi connectivity index (χ3v) is 6.01. The summed E-state index contributed by atoms with van der Waals surface area (Å²) >= 11 is 5.32. The minimum atomic E-state index is 0.259. The molecular formula is C15H12N2S3. The van der Waals surface area contributed by atoms with Gasteiger partial charge in [-0.05, 0) is 40.4 Å². The summed E-state index contributed by atoms with van der Waals surface area (Å²) in [5.41, 5.74) is 0. The Kier molecular flexibility index (Phi) is 3.18. The molecule has 100 valence electrons. The van der Waals surface area contributed by atoms with Gasteiger partial charge in [0.05, 0.1) is 16.4 Å². The molecule has 0 aliphatic carbocycles. The quantitative estimate of drug-likeness (QED) is 0.672. The van der Waals surface area contributed by atoms with Crippen LogP contribution in [0.15, 0.2) is 57.5 Å². The average molecular weight is 316 g/mol. The van der Waals surface area contributed by atoms with Crippen LogP contribution in [0, 0.1) is 0 Å². The molecule has 0 spiro atoms. The lowest BCUT2D eigenvalue weighted by atomic mass is 10.2. The molecule has 0 aromatic carbocycles. The molecule has 2 nitrogen and oxygen atoms in total. The molecule has 0 saturated heterocycles. The van der Waals surface area contributed by atoms with Crippen molar-refractivity contribution in [2.24, 2.45) is 4.99 Å². The fourth-order valence-electron chi connectivity index (χ4n) is 2.37. The van der Waals surface area contributed by atoms with Crippen LogP contribution in [-0.4, -0.2) is 12.4 Å². The summed E-state index contributed by atoms with van der Waals surface area (Å²) in [6, 6.07) is 13.1. The number of hydrogen-bond acceptors (Lipinski definition) is 5. The van der Waals surface area contributed by atoms with E-state index in [1.54, 1.807) is 34.0 Å². The number of aliphatic imine (C=N–C) groups is 1. The minimum Gasteiger partial charge on any atom is -0.315 e. The summed E-state index contributed by atoms with van der Waals surface area (Å²) < 4.78 is 0. The highest BCUT2D eigenvalue weighted by Crippen LogP contribution is 2.35. The smallest absolute Gasteiger partial charge is 0.147 e. The highest BCUT2D eigenvalue weighted by atomic mass is 32.1. The molecule has 0 N–H and O–H groups in total. The van der Waals surface area contributed by atoms with Crippen LogP contribution < -0.4 is 4.90 Å². The molecule has 1 atom stereocenters. The molecular weight excluding hydrogens is 304 g/mol. The summed E-state index contributed by atoms with van der Waals surface area (Å²) in [5, 5.41) is 7.64. The van der Waals surface area contributed by atoms with Crippen molar-refractivity contribution in [2.45, 2.75) is 6.04 Å². The monoisotopic (exact) mass is 316 g/mol. The predicted molar refractivity (Wildman–Crippen MR) is 89.6 cm³/mol. The highest BCUT2D eigenvalue weighted by molar-refractivity contribution is 7.15. The van der Waals surface area contributed by atoms with Gasteiger partial charge >= 0.3 is 0 Å². The molecule has 5 heteroatoms. The first-order chi connectivity index (χ1) is 9.92. The SMILES string of the molecule is c1csc(C2=NC(c3cccs3)CN2c2cccs2)c1. The predicted octanol–water partition coefficient (Wildman–Crippen LogP) is 4.88. The molecule has 0 amide bonds. The number of hydrogen-bond donors (Lipinski definition) is 0. The number of anilines is 1. The van der Waals surface area contributed by atoms with Crippen molar-refractivity contribution in [3.8, 4) is 0 Å². The van der Waals surface area contributed by atoms with E-state index in [1.807, 2.05) is 0 Å². The maximum Gasteiger partial charge on any atom is 0.147 e. The van der Waals surface area contributed by atoms with E-state index < -0.39 is 0 Å². The first kappa shape index (κ1) is 12.3. The summed E-state index contributed by atoms with van der Waals surface area (Å²) in [7, 11) is 0. The second-order valence-corrected chi connectivity index (χ2v) is 7.38. The van der Waals surface area contributed by atoms with Gasteiger partial charge in [-0.2, -0.15) is 0 Å².